The van der Waals surface area contributed by atoms with E-state index >= 15 is 0 Å². The molecule has 120 valence electrons. The summed E-state index contributed by atoms with van der Waals surface area (Å²) in [7, 11) is 1.81. The summed E-state index contributed by atoms with van der Waals surface area (Å²) in [6, 6.07) is 8.45. The van der Waals surface area contributed by atoms with E-state index in [1.807, 2.05) is 13.2 Å². The highest BCUT2D eigenvalue weighted by Crippen LogP contribution is 2.38. The smallest absolute Gasteiger partial charge is 0.124 e. The summed E-state index contributed by atoms with van der Waals surface area (Å²) < 4.78 is 11.9. The van der Waals surface area contributed by atoms with E-state index in [2.05, 4.69) is 51.2 Å². The van der Waals surface area contributed by atoms with Crippen molar-refractivity contribution in [1.29, 1.82) is 0 Å². The van der Waals surface area contributed by atoms with E-state index in [-0.39, 0.29) is 11.6 Å². The van der Waals surface area contributed by atoms with Gasteiger partial charge in [0.2, 0.25) is 0 Å². The Bertz CT molecular complexity index is 394. The predicted molar refractivity (Wildman–Crippen MR) is 89.0 cm³/mol. The summed E-state index contributed by atoms with van der Waals surface area (Å²) in [5, 5.41) is 3.60. The van der Waals surface area contributed by atoms with E-state index in [0.29, 0.717) is 0 Å². The van der Waals surface area contributed by atoms with Crippen LogP contribution in [0.25, 0.3) is 0 Å². The van der Waals surface area contributed by atoms with Gasteiger partial charge < -0.3 is 14.8 Å². The molecule has 0 radical (unpaired) electrons. The van der Waals surface area contributed by atoms with Gasteiger partial charge in [-0.05, 0) is 31.9 Å². The maximum atomic E-state index is 5.95. The monoisotopic (exact) mass is 293 g/mol. The highest BCUT2D eigenvalue weighted by atomic mass is 16.5. The van der Waals surface area contributed by atoms with Gasteiger partial charge in [0.1, 0.15) is 5.75 Å². The fourth-order valence-electron chi connectivity index (χ4n) is 2.91. The van der Waals surface area contributed by atoms with Crippen molar-refractivity contribution in [3.05, 3.63) is 29.8 Å². The first kappa shape index (κ1) is 18.0. The molecule has 21 heavy (non-hydrogen) atoms. The second kappa shape index (κ2) is 9.06. The van der Waals surface area contributed by atoms with E-state index in [1.54, 1.807) is 0 Å². The van der Waals surface area contributed by atoms with E-state index in [0.717, 1.165) is 38.2 Å². The molecule has 0 heterocycles. The molecule has 0 aliphatic rings. The molecule has 0 saturated carbocycles. The largest absolute Gasteiger partial charge is 0.493 e. The zero-order chi connectivity index (χ0) is 15.7. The molecule has 1 N–H and O–H groups in total. The van der Waals surface area contributed by atoms with Crippen LogP contribution in [0.3, 0.4) is 0 Å². The lowest BCUT2D eigenvalue weighted by Gasteiger charge is -2.39. The summed E-state index contributed by atoms with van der Waals surface area (Å²) in [4.78, 5) is 0. The second-order valence-electron chi connectivity index (χ2n) is 5.35. The van der Waals surface area contributed by atoms with Crippen LogP contribution in [0.4, 0.5) is 0 Å². The summed E-state index contributed by atoms with van der Waals surface area (Å²) in [5.74, 6) is 0.966. The summed E-state index contributed by atoms with van der Waals surface area (Å²) in [6.45, 7) is 10.3. The van der Waals surface area contributed by atoms with Crippen molar-refractivity contribution in [3.63, 3.8) is 0 Å². The number of likely N-dealkylation sites (N-methyl/N-ethyl adjacent to an activating group) is 1. The van der Waals surface area contributed by atoms with E-state index in [1.165, 1.54) is 5.56 Å². The molecular formula is C18H31NO2. The number of hydrogen-bond donors (Lipinski definition) is 1. The van der Waals surface area contributed by atoms with Crippen LogP contribution in [0.5, 0.6) is 5.75 Å². The minimum Gasteiger partial charge on any atom is -0.493 e. The van der Waals surface area contributed by atoms with E-state index in [4.69, 9.17) is 9.47 Å². The number of hydrogen-bond acceptors (Lipinski definition) is 3. The topological polar surface area (TPSA) is 30.5 Å². The number of para-hydroxylation sites is 1. The average Bonchev–Trinajstić information content (AvgIpc) is 2.54. The van der Waals surface area contributed by atoms with Gasteiger partial charge in [0.25, 0.3) is 0 Å². The molecule has 1 aromatic rings. The van der Waals surface area contributed by atoms with Crippen LogP contribution in [0, 0.1) is 0 Å². The Morgan fingerprint density at radius 2 is 1.76 bits per heavy atom. The summed E-state index contributed by atoms with van der Waals surface area (Å²) in [6.07, 6.45) is 2.93. The molecule has 1 rings (SSSR count). The van der Waals surface area contributed by atoms with Gasteiger partial charge in [0.15, 0.2) is 0 Å². The lowest BCUT2D eigenvalue weighted by atomic mass is 9.83. The highest BCUT2D eigenvalue weighted by Gasteiger charge is 2.37. The summed E-state index contributed by atoms with van der Waals surface area (Å²) >= 11 is 0. The first-order chi connectivity index (χ1) is 10.2. The van der Waals surface area contributed by atoms with Crippen LogP contribution < -0.4 is 10.1 Å². The highest BCUT2D eigenvalue weighted by molar-refractivity contribution is 5.37. The van der Waals surface area contributed by atoms with Gasteiger partial charge in [0.05, 0.1) is 18.2 Å². The molecule has 0 bridgehead atoms. The zero-order valence-electron chi connectivity index (χ0n) is 14.2. The van der Waals surface area contributed by atoms with Gasteiger partial charge in [-0.3, -0.25) is 0 Å². The zero-order valence-corrected chi connectivity index (χ0v) is 14.2. The van der Waals surface area contributed by atoms with Crippen LogP contribution in [0.15, 0.2) is 24.3 Å². The Morgan fingerprint density at radius 3 is 2.29 bits per heavy atom. The molecule has 0 aromatic heterocycles. The van der Waals surface area contributed by atoms with Crippen molar-refractivity contribution < 1.29 is 9.47 Å². The number of nitrogens with one attached hydrogen (secondary N) is 1. The molecule has 3 heteroatoms. The third-order valence-corrected chi connectivity index (χ3v) is 4.23. The SMILES string of the molecule is CCCOc1ccccc1C(NCC)C(CC)(CC)OC. The molecule has 0 spiro atoms. The van der Waals surface area contributed by atoms with Crippen LogP contribution in [-0.4, -0.2) is 25.9 Å². The molecule has 1 atom stereocenters. The molecule has 3 nitrogen and oxygen atoms in total. The van der Waals surface area contributed by atoms with Crippen molar-refractivity contribution in [2.24, 2.45) is 0 Å². The Morgan fingerprint density at radius 1 is 1.10 bits per heavy atom. The van der Waals surface area contributed by atoms with Crippen molar-refractivity contribution in [2.75, 3.05) is 20.3 Å². The van der Waals surface area contributed by atoms with Crippen LogP contribution >= 0.6 is 0 Å². The minimum absolute atomic E-state index is 0.135. The fraction of sp³-hybridized carbons (Fsp3) is 0.667. The second-order valence-corrected chi connectivity index (χ2v) is 5.35. The number of ether oxygens (including phenoxy) is 2. The lowest BCUT2D eigenvalue weighted by Crippen LogP contribution is -2.45. The standard InChI is InChI=1S/C18H31NO2/c1-6-14-21-16-13-11-10-12-15(16)17(19-9-4)18(7-2,8-3)20-5/h10-13,17,19H,6-9,14H2,1-5H3. The molecule has 0 saturated heterocycles. The van der Waals surface area contributed by atoms with Crippen LogP contribution in [0.1, 0.15) is 58.6 Å². The quantitative estimate of drug-likeness (QED) is 0.696. The molecule has 0 fully saturated rings. The van der Waals surface area contributed by atoms with Gasteiger partial charge >= 0.3 is 0 Å². The Balaban J connectivity index is 3.21. The maximum absolute atomic E-state index is 5.95. The van der Waals surface area contributed by atoms with Gasteiger partial charge in [-0.1, -0.05) is 45.9 Å². The minimum atomic E-state index is -0.207. The average molecular weight is 293 g/mol. The maximum Gasteiger partial charge on any atom is 0.124 e. The van der Waals surface area contributed by atoms with E-state index < -0.39 is 0 Å². The van der Waals surface area contributed by atoms with E-state index in [9.17, 15) is 0 Å². The van der Waals surface area contributed by atoms with Crippen LogP contribution in [0.2, 0.25) is 0 Å². The lowest BCUT2D eigenvalue weighted by molar-refractivity contribution is -0.0488. The Labute approximate surface area is 130 Å². The molecule has 0 aliphatic heterocycles. The predicted octanol–water partition coefficient (Wildman–Crippen LogP) is 4.33. The molecule has 1 aromatic carbocycles. The first-order valence-corrected chi connectivity index (χ1v) is 8.19. The van der Waals surface area contributed by atoms with Crippen molar-refractivity contribution >= 4 is 0 Å². The third kappa shape index (κ3) is 4.21. The molecule has 0 aliphatic carbocycles. The Kier molecular flexibility index (Phi) is 7.76. The summed E-state index contributed by atoms with van der Waals surface area (Å²) in [5.41, 5.74) is 0.986. The van der Waals surface area contributed by atoms with Crippen molar-refractivity contribution in [1.82, 2.24) is 5.32 Å². The van der Waals surface area contributed by atoms with Gasteiger partial charge in [-0.25, -0.2) is 0 Å². The van der Waals surface area contributed by atoms with Crippen molar-refractivity contribution in [2.45, 2.75) is 58.6 Å². The molecule has 1 unspecified atom stereocenters. The number of benzene rings is 1. The van der Waals surface area contributed by atoms with Gasteiger partial charge in [-0.2, -0.15) is 0 Å². The number of rotatable bonds is 10. The van der Waals surface area contributed by atoms with Gasteiger partial charge in [-0.15, -0.1) is 0 Å². The van der Waals surface area contributed by atoms with Crippen LogP contribution in [-0.2, 0) is 4.74 Å². The Hall–Kier alpha value is -1.06. The fourth-order valence-corrected chi connectivity index (χ4v) is 2.91. The third-order valence-electron chi connectivity index (χ3n) is 4.23. The normalized spacial score (nSPS) is 13.2. The first-order valence-electron chi connectivity index (χ1n) is 8.19. The molecule has 0 amide bonds. The van der Waals surface area contributed by atoms with Gasteiger partial charge in [0, 0.05) is 12.7 Å². The number of methoxy groups -OCH3 is 1. The molecular weight excluding hydrogens is 262 g/mol. The van der Waals surface area contributed by atoms with Crippen molar-refractivity contribution in [3.8, 4) is 5.75 Å².